The highest BCUT2D eigenvalue weighted by molar-refractivity contribution is 7.21. The van der Waals surface area contributed by atoms with E-state index in [1.807, 2.05) is 6.92 Å². The van der Waals surface area contributed by atoms with Crippen molar-refractivity contribution in [2.45, 2.75) is 13.8 Å². The fourth-order valence-corrected chi connectivity index (χ4v) is 3.91. The molecule has 0 aliphatic rings. The predicted molar refractivity (Wildman–Crippen MR) is 80.3 cm³/mol. The molecule has 0 spiro atoms. The molecular weight excluding hydrogens is 277 g/mol. The molecule has 3 rings (SSSR count). The summed E-state index contributed by atoms with van der Waals surface area (Å²) in [5, 5.41) is 3.17. The highest BCUT2D eigenvalue weighted by Gasteiger charge is 2.14. The summed E-state index contributed by atoms with van der Waals surface area (Å²) in [6.07, 6.45) is 0. The normalized spacial score (nSPS) is 10.9. The Bertz CT molecular complexity index is 710. The van der Waals surface area contributed by atoms with Crippen LogP contribution in [0.25, 0.3) is 21.0 Å². The number of thiazole rings is 1. The van der Waals surface area contributed by atoms with E-state index in [0.29, 0.717) is 0 Å². The molecule has 0 bridgehead atoms. The quantitative estimate of drug-likeness (QED) is 0.624. The molecule has 4 heteroatoms. The van der Waals surface area contributed by atoms with Crippen LogP contribution in [0.15, 0.2) is 35.7 Å². The molecule has 0 aliphatic carbocycles. The maximum atomic E-state index is 13.0. The van der Waals surface area contributed by atoms with E-state index in [1.54, 1.807) is 34.8 Å². The lowest BCUT2D eigenvalue weighted by atomic mass is 10.1. The van der Waals surface area contributed by atoms with Crippen LogP contribution in [0.4, 0.5) is 4.39 Å². The lowest BCUT2D eigenvalue weighted by Crippen LogP contribution is -1.82. The van der Waals surface area contributed by atoms with Crippen LogP contribution >= 0.6 is 22.7 Å². The van der Waals surface area contributed by atoms with Gasteiger partial charge in [0.25, 0.3) is 0 Å². The van der Waals surface area contributed by atoms with Crippen molar-refractivity contribution >= 4 is 22.7 Å². The minimum absolute atomic E-state index is 0.218. The average molecular weight is 289 g/mol. The van der Waals surface area contributed by atoms with Gasteiger partial charge in [-0.05, 0) is 55.1 Å². The fourth-order valence-electron chi connectivity index (χ4n) is 1.95. The van der Waals surface area contributed by atoms with Gasteiger partial charge in [0, 0.05) is 10.4 Å². The van der Waals surface area contributed by atoms with Crippen LogP contribution in [0.3, 0.4) is 0 Å². The number of benzene rings is 1. The number of hydrogen-bond donors (Lipinski definition) is 0. The van der Waals surface area contributed by atoms with Crippen LogP contribution < -0.4 is 0 Å². The first kappa shape index (κ1) is 12.5. The first-order valence-corrected chi connectivity index (χ1v) is 7.62. The summed E-state index contributed by atoms with van der Waals surface area (Å²) in [6, 6.07) is 8.70. The summed E-state index contributed by atoms with van der Waals surface area (Å²) in [7, 11) is 0. The highest BCUT2D eigenvalue weighted by atomic mass is 32.1. The number of hydrogen-bond acceptors (Lipinski definition) is 3. The average Bonchev–Trinajstić information content (AvgIpc) is 2.96. The molecule has 0 aliphatic heterocycles. The second-order valence-corrected chi connectivity index (χ2v) is 6.52. The van der Waals surface area contributed by atoms with Gasteiger partial charge in [0.1, 0.15) is 5.82 Å². The summed E-state index contributed by atoms with van der Waals surface area (Å²) >= 11 is 3.41. The smallest absolute Gasteiger partial charge is 0.123 e. The zero-order valence-electron chi connectivity index (χ0n) is 10.6. The summed E-state index contributed by atoms with van der Waals surface area (Å²) in [4.78, 5) is 6.99. The molecule has 0 fully saturated rings. The number of aryl methyl sites for hydroxylation is 2. The lowest BCUT2D eigenvalue weighted by molar-refractivity contribution is 0.628. The first-order chi connectivity index (χ1) is 9.13. The van der Waals surface area contributed by atoms with Gasteiger partial charge < -0.3 is 0 Å². The number of nitrogens with zero attached hydrogens (tertiary/aromatic N) is 1. The van der Waals surface area contributed by atoms with E-state index >= 15 is 0 Å². The van der Waals surface area contributed by atoms with Gasteiger partial charge in [-0.3, -0.25) is 0 Å². The van der Waals surface area contributed by atoms with Crippen molar-refractivity contribution in [2.24, 2.45) is 0 Å². The van der Waals surface area contributed by atoms with Gasteiger partial charge in [-0.15, -0.1) is 22.7 Å². The summed E-state index contributed by atoms with van der Waals surface area (Å²) in [6.45, 7) is 4.09. The van der Waals surface area contributed by atoms with Crippen LogP contribution in [0.5, 0.6) is 0 Å². The topological polar surface area (TPSA) is 12.9 Å². The Kier molecular flexibility index (Phi) is 3.21. The third-order valence-corrected chi connectivity index (χ3v) is 5.00. The molecule has 0 atom stereocenters. The van der Waals surface area contributed by atoms with Gasteiger partial charge in [0.2, 0.25) is 0 Å². The van der Waals surface area contributed by atoms with E-state index in [-0.39, 0.29) is 5.82 Å². The summed E-state index contributed by atoms with van der Waals surface area (Å²) in [5.41, 5.74) is 3.17. The predicted octanol–water partition coefficient (Wildman–Crippen LogP) is 5.29. The molecule has 0 radical (unpaired) electrons. The molecule has 0 unspecified atom stereocenters. The van der Waals surface area contributed by atoms with E-state index < -0.39 is 0 Å². The zero-order chi connectivity index (χ0) is 13.4. The number of thiophene rings is 1. The van der Waals surface area contributed by atoms with Gasteiger partial charge in [-0.2, -0.15) is 0 Å². The second kappa shape index (κ2) is 4.87. The molecule has 0 amide bonds. The van der Waals surface area contributed by atoms with Crippen molar-refractivity contribution in [2.75, 3.05) is 0 Å². The first-order valence-electron chi connectivity index (χ1n) is 5.92. The maximum Gasteiger partial charge on any atom is 0.123 e. The Morgan fingerprint density at radius 3 is 2.47 bits per heavy atom. The van der Waals surface area contributed by atoms with E-state index in [2.05, 4.69) is 23.4 Å². The molecule has 1 aromatic carbocycles. The van der Waals surface area contributed by atoms with Crippen LogP contribution in [-0.4, -0.2) is 4.98 Å². The minimum Gasteiger partial charge on any atom is -0.241 e. The van der Waals surface area contributed by atoms with E-state index in [0.717, 1.165) is 16.3 Å². The molecule has 0 N–H and O–H groups in total. The zero-order valence-corrected chi connectivity index (χ0v) is 12.2. The Morgan fingerprint density at radius 2 is 1.84 bits per heavy atom. The molecule has 19 heavy (non-hydrogen) atoms. The highest BCUT2D eigenvalue weighted by Crippen LogP contribution is 2.39. The molecule has 0 saturated carbocycles. The largest absolute Gasteiger partial charge is 0.241 e. The second-order valence-electron chi connectivity index (χ2n) is 4.41. The van der Waals surface area contributed by atoms with Crippen molar-refractivity contribution in [3.05, 3.63) is 52.1 Å². The molecule has 2 aromatic heterocycles. The lowest BCUT2D eigenvalue weighted by Gasteiger charge is -2.00. The van der Waals surface area contributed by atoms with Crippen molar-refractivity contribution in [3.63, 3.8) is 0 Å². The molecule has 1 nitrogen and oxygen atoms in total. The third-order valence-electron chi connectivity index (χ3n) is 2.81. The molecule has 2 heterocycles. The summed E-state index contributed by atoms with van der Waals surface area (Å²) < 4.78 is 13.0. The van der Waals surface area contributed by atoms with Gasteiger partial charge in [-0.1, -0.05) is 0 Å². The number of rotatable bonds is 2. The van der Waals surface area contributed by atoms with Crippen molar-refractivity contribution in [1.82, 2.24) is 4.98 Å². The Hall–Kier alpha value is -1.52. The Labute approximate surface area is 119 Å². The van der Waals surface area contributed by atoms with Gasteiger partial charge in [-0.25, -0.2) is 9.37 Å². The Morgan fingerprint density at radius 1 is 1.11 bits per heavy atom. The van der Waals surface area contributed by atoms with E-state index in [4.69, 9.17) is 0 Å². The van der Waals surface area contributed by atoms with Crippen LogP contribution in [0.2, 0.25) is 0 Å². The molecule has 96 valence electrons. The minimum atomic E-state index is -0.218. The standard InChI is InChI=1S/C15H12FNS2/c1-9-7-13(18-8-9)15-14(17-10(2)19-15)11-3-5-12(16)6-4-11/h3-8H,1-2H3. The molecular formula is C15H12FNS2. The maximum absolute atomic E-state index is 13.0. The SMILES string of the molecule is Cc1csc(-c2sc(C)nc2-c2ccc(F)cc2)c1. The van der Waals surface area contributed by atoms with Crippen LogP contribution in [0, 0.1) is 19.7 Å². The number of aromatic nitrogens is 1. The van der Waals surface area contributed by atoms with Crippen molar-refractivity contribution in [1.29, 1.82) is 0 Å². The Balaban J connectivity index is 2.14. The molecule has 3 aromatic rings. The fraction of sp³-hybridized carbons (Fsp3) is 0.133. The van der Waals surface area contributed by atoms with Gasteiger partial charge in [0.05, 0.1) is 15.6 Å². The van der Waals surface area contributed by atoms with E-state index in [9.17, 15) is 4.39 Å². The van der Waals surface area contributed by atoms with Crippen LogP contribution in [-0.2, 0) is 0 Å². The monoisotopic (exact) mass is 289 g/mol. The van der Waals surface area contributed by atoms with Crippen LogP contribution in [0.1, 0.15) is 10.6 Å². The molecule has 0 saturated heterocycles. The van der Waals surface area contributed by atoms with Crippen molar-refractivity contribution in [3.8, 4) is 21.0 Å². The summed E-state index contributed by atoms with van der Waals surface area (Å²) in [5.74, 6) is -0.218. The van der Waals surface area contributed by atoms with Gasteiger partial charge in [0.15, 0.2) is 0 Å². The van der Waals surface area contributed by atoms with Crippen molar-refractivity contribution < 1.29 is 4.39 Å². The van der Waals surface area contributed by atoms with Gasteiger partial charge >= 0.3 is 0 Å². The third kappa shape index (κ3) is 2.46. The van der Waals surface area contributed by atoms with E-state index in [1.165, 1.54) is 27.5 Å². The number of halogens is 1.